The summed E-state index contributed by atoms with van der Waals surface area (Å²) >= 11 is 1.22. The molecule has 2 rings (SSSR count). The molecule has 0 saturated heterocycles. The van der Waals surface area contributed by atoms with Crippen LogP contribution in [0.5, 0.6) is 0 Å². The molecule has 0 aliphatic carbocycles. The van der Waals surface area contributed by atoms with Gasteiger partial charge in [-0.3, -0.25) is 9.59 Å². The first-order chi connectivity index (χ1) is 8.54. The van der Waals surface area contributed by atoms with E-state index >= 15 is 0 Å². The van der Waals surface area contributed by atoms with Crippen molar-refractivity contribution in [3.05, 3.63) is 46.0 Å². The Labute approximate surface area is 108 Å². The number of rotatable bonds is 3. The summed E-state index contributed by atoms with van der Waals surface area (Å²) in [5, 5.41) is 1.09. The molecule has 0 aromatic carbocycles. The second-order valence-electron chi connectivity index (χ2n) is 3.73. The minimum atomic E-state index is -0.201. The van der Waals surface area contributed by atoms with Crippen LogP contribution in [0, 0.1) is 6.92 Å². The molecule has 0 atom stereocenters. The van der Waals surface area contributed by atoms with Gasteiger partial charge in [0.1, 0.15) is 5.03 Å². The smallest absolute Gasteiger partial charge is 0.251 e. The number of aromatic nitrogens is 3. The number of carbonyl (C=O) groups excluding carboxylic acids is 1. The second kappa shape index (κ2) is 5.14. The summed E-state index contributed by atoms with van der Waals surface area (Å²) in [6.07, 6.45) is 1.56. The summed E-state index contributed by atoms with van der Waals surface area (Å²) in [5.41, 5.74) is 1.03. The Morgan fingerprint density at radius 3 is 2.83 bits per heavy atom. The lowest BCUT2D eigenvalue weighted by Crippen LogP contribution is -2.08. The molecule has 0 amide bonds. The van der Waals surface area contributed by atoms with E-state index in [0.717, 1.165) is 0 Å². The maximum Gasteiger partial charge on any atom is 0.251 e. The Morgan fingerprint density at radius 2 is 2.17 bits per heavy atom. The standard InChI is InChI=1S/C12H11N3O2S/c1-7-5-10(17)15-12(14-7)18-11-6-9(8(2)16)3-4-13-11/h3-6H,1-2H3,(H,14,15,17). The third-order valence-electron chi connectivity index (χ3n) is 2.19. The fourth-order valence-electron chi connectivity index (χ4n) is 1.38. The largest absolute Gasteiger partial charge is 0.301 e. The molecule has 0 saturated carbocycles. The molecule has 0 aliphatic heterocycles. The van der Waals surface area contributed by atoms with Gasteiger partial charge in [-0.25, -0.2) is 9.97 Å². The zero-order valence-corrected chi connectivity index (χ0v) is 10.7. The number of ketones is 1. The number of nitrogens with one attached hydrogen (secondary N) is 1. The SMILES string of the molecule is CC(=O)c1ccnc(Sc2nc(C)cc(=O)[nH]2)c1. The molecule has 2 heterocycles. The van der Waals surface area contributed by atoms with Crippen molar-refractivity contribution in [2.75, 3.05) is 0 Å². The van der Waals surface area contributed by atoms with Crippen LogP contribution in [0.3, 0.4) is 0 Å². The Bertz CT molecular complexity index is 652. The van der Waals surface area contributed by atoms with Crippen LogP contribution in [0.15, 0.2) is 39.4 Å². The normalized spacial score (nSPS) is 10.3. The van der Waals surface area contributed by atoms with Crippen LogP contribution in [-0.2, 0) is 0 Å². The minimum absolute atomic E-state index is 0.0232. The van der Waals surface area contributed by atoms with E-state index in [1.165, 1.54) is 24.8 Å². The molecular weight excluding hydrogens is 250 g/mol. The van der Waals surface area contributed by atoms with Crippen molar-refractivity contribution in [1.82, 2.24) is 15.0 Å². The van der Waals surface area contributed by atoms with Crippen LogP contribution in [0.25, 0.3) is 0 Å². The molecule has 0 fully saturated rings. The number of Topliss-reactive ketones (excluding diaryl/α,β-unsaturated/α-hetero) is 1. The molecule has 1 N–H and O–H groups in total. The summed E-state index contributed by atoms with van der Waals surface area (Å²) < 4.78 is 0. The van der Waals surface area contributed by atoms with Gasteiger partial charge < -0.3 is 4.98 Å². The van der Waals surface area contributed by atoms with Crippen molar-refractivity contribution >= 4 is 17.5 Å². The summed E-state index contributed by atoms with van der Waals surface area (Å²) in [5.74, 6) is -0.0232. The van der Waals surface area contributed by atoms with E-state index in [2.05, 4.69) is 15.0 Å². The third-order valence-corrected chi connectivity index (χ3v) is 3.01. The van der Waals surface area contributed by atoms with Crippen LogP contribution in [0.1, 0.15) is 23.0 Å². The van der Waals surface area contributed by atoms with Gasteiger partial charge in [-0.15, -0.1) is 0 Å². The monoisotopic (exact) mass is 261 g/mol. The highest BCUT2D eigenvalue weighted by Gasteiger charge is 2.05. The number of nitrogens with zero attached hydrogens (tertiary/aromatic N) is 2. The topological polar surface area (TPSA) is 75.7 Å². The molecule has 0 bridgehead atoms. The Morgan fingerprint density at radius 1 is 1.39 bits per heavy atom. The first-order valence-corrected chi connectivity index (χ1v) is 6.09. The van der Waals surface area contributed by atoms with Gasteiger partial charge in [0.15, 0.2) is 10.9 Å². The number of carbonyl (C=O) groups is 1. The van der Waals surface area contributed by atoms with Gasteiger partial charge in [0.05, 0.1) is 0 Å². The minimum Gasteiger partial charge on any atom is -0.301 e. The number of aromatic amines is 1. The molecule has 2 aromatic heterocycles. The lowest BCUT2D eigenvalue weighted by atomic mass is 10.2. The third kappa shape index (κ3) is 3.04. The fraction of sp³-hybridized carbons (Fsp3) is 0.167. The Hall–Kier alpha value is -1.95. The lowest BCUT2D eigenvalue weighted by molar-refractivity contribution is 0.101. The van der Waals surface area contributed by atoms with Gasteiger partial charge >= 0.3 is 0 Å². The highest BCUT2D eigenvalue weighted by Crippen LogP contribution is 2.22. The van der Waals surface area contributed by atoms with E-state index in [4.69, 9.17) is 0 Å². The van der Waals surface area contributed by atoms with Crippen molar-refractivity contribution in [2.45, 2.75) is 24.0 Å². The van der Waals surface area contributed by atoms with Gasteiger partial charge in [0, 0.05) is 23.5 Å². The number of aryl methyl sites for hydroxylation is 1. The second-order valence-corrected chi connectivity index (χ2v) is 4.74. The molecule has 0 unspecified atom stereocenters. The van der Waals surface area contributed by atoms with Crippen LogP contribution >= 0.6 is 11.8 Å². The molecule has 0 spiro atoms. The summed E-state index contributed by atoms with van der Waals surface area (Å²) in [6.45, 7) is 3.25. The van der Waals surface area contributed by atoms with E-state index in [1.54, 1.807) is 25.3 Å². The highest BCUT2D eigenvalue weighted by atomic mass is 32.2. The lowest BCUT2D eigenvalue weighted by Gasteiger charge is -2.02. The van der Waals surface area contributed by atoms with Crippen molar-refractivity contribution in [3.8, 4) is 0 Å². The van der Waals surface area contributed by atoms with Gasteiger partial charge in [-0.2, -0.15) is 0 Å². The van der Waals surface area contributed by atoms with Gasteiger partial charge in [-0.05, 0) is 37.7 Å². The van der Waals surface area contributed by atoms with Gasteiger partial charge in [0.2, 0.25) is 0 Å². The number of H-pyrrole nitrogens is 1. The fourth-order valence-corrected chi connectivity index (χ4v) is 2.22. The Balaban J connectivity index is 2.31. The first kappa shape index (κ1) is 12.5. The maximum atomic E-state index is 11.3. The highest BCUT2D eigenvalue weighted by molar-refractivity contribution is 7.99. The van der Waals surface area contributed by atoms with Crippen LogP contribution in [0.2, 0.25) is 0 Å². The molecule has 5 nitrogen and oxygen atoms in total. The zero-order valence-electron chi connectivity index (χ0n) is 9.93. The van der Waals surface area contributed by atoms with Crippen LogP contribution < -0.4 is 5.56 Å². The first-order valence-electron chi connectivity index (χ1n) is 5.27. The summed E-state index contributed by atoms with van der Waals surface area (Å²) in [7, 11) is 0. The predicted octanol–water partition coefficient (Wildman–Crippen LogP) is 1.83. The molecule has 18 heavy (non-hydrogen) atoms. The van der Waals surface area contributed by atoms with E-state index in [9.17, 15) is 9.59 Å². The summed E-state index contributed by atoms with van der Waals surface area (Å²) in [4.78, 5) is 33.5. The van der Waals surface area contributed by atoms with Crippen molar-refractivity contribution in [1.29, 1.82) is 0 Å². The van der Waals surface area contributed by atoms with E-state index < -0.39 is 0 Å². The average Bonchev–Trinajstić information content (AvgIpc) is 2.27. The zero-order chi connectivity index (χ0) is 13.1. The van der Waals surface area contributed by atoms with Gasteiger partial charge in [0.25, 0.3) is 5.56 Å². The maximum absolute atomic E-state index is 11.3. The van der Waals surface area contributed by atoms with E-state index in [1.807, 2.05) is 0 Å². The Kier molecular flexibility index (Phi) is 3.57. The van der Waals surface area contributed by atoms with Crippen LogP contribution in [0.4, 0.5) is 0 Å². The number of pyridine rings is 1. The van der Waals surface area contributed by atoms with Crippen molar-refractivity contribution < 1.29 is 4.79 Å². The number of hydrogen-bond donors (Lipinski definition) is 1. The van der Waals surface area contributed by atoms with Crippen molar-refractivity contribution in [3.63, 3.8) is 0 Å². The summed E-state index contributed by atoms with van der Waals surface area (Å²) in [6, 6.07) is 4.75. The molecule has 0 aliphatic rings. The molecule has 6 heteroatoms. The van der Waals surface area contributed by atoms with Crippen LogP contribution in [-0.4, -0.2) is 20.7 Å². The average molecular weight is 261 g/mol. The molecule has 92 valence electrons. The quantitative estimate of drug-likeness (QED) is 0.673. The van der Waals surface area contributed by atoms with E-state index in [0.29, 0.717) is 21.4 Å². The van der Waals surface area contributed by atoms with Gasteiger partial charge in [-0.1, -0.05) is 0 Å². The number of hydrogen-bond acceptors (Lipinski definition) is 5. The molecule has 2 aromatic rings. The molecular formula is C12H11N3O2S. The molecule has 0 radical (unpaired) electrons. The predicted molar refractivity (Wildman–Crippen MR) is 68.0 cm³/mol. The van der Waals surface area contributed by atoms with Crippen molar-refractivity contribution in [2.24, 2.45) is 0 Å². The van der Waals surface area contributed by atoms with E-state index in [-0.39, 0.29) is 11.3 Å².